The number of benzene rings is 2. The van der Waals surface area contributed by atoms with Crippen LogP contribution in [0.1, 0.15) is 51.5 Å². The van der Waals surface area contributed by atoms with Crippen molar-refractivity contribution < 1.29 is 14.4 Å². The summed E-state index contributed by atoms with van der Waals surface area (Å²) in [5.41, 5.74) is 2.95. The zero-order valence-corrected chi connectivity index (χ0v) is 18.8. The molecule has 0 saturated carbocycles. The fourth-order valence-electron chi connectivity index (χ4n) is 3.67. The summed E-state index contributed by atoms with van der Waals surface area (Å²) < 4.78 is 0. The molecule has 31 heavy (non-hydrogen) atoms. The first kappa shape index (κ1) is 22.8. The highest BCUT2D eigenvalue weighted by Crippen LogP contribution is 2.34. The van der Waals surface area contributed by atoms with E-state index in [1.54, 1.807) is 30.0 Å². The van der Waals surface area contributed by atoms with Gasteiger partial charge in [-0.15, -0.1) is 0 Å². The molecular formula is C24H28ClN3O3. The molecule has 1 aliphatic heterocycles. The van der Waals surface area contributed by atoms with Gasteiger partial charge in [-0.25, -0.2) is 0 Å². The Bertz CT molecular complexity index is 992. The monoisotopic (exact) mass is 441 g/mol. The van der Waals surface area contributed by atoms with Crippen molar-refractivity contribution in [2.24, 2.45) is 5.92 Å². The number of amides is 3. The molecule has 0 aliphatic carbocycles. The van der Waals surface area contributed by atoms with Crippen LogP contribution in [0.15, 0.2) is 42.5 Å². The molecule has 3 amide bonds. The highest BCUT2D eigenvalue weighted by atomic mass is 35.5. The van der Waals surface area contributed by atoms with Crippen LogP contribution >= 0.6 is 11.6 Å². The Hall–Kier alpha value is -2.86. The van der Waals surface area contributed by atoms with Gasteiger partial charge in [-0.3, -0.25) is 14.4 Å². The first-order chi connectivity index (χ1) is 14.8. The molecule has 164 valence electrons. The maximum atomic E-state index is 12.9. The summed E-state index contributed by atoms with van der Waals surface area (Å²) in [6.07, 6.45) is 1.46. The maximum absolute atomic E-state index is 12.9. The number of nitrogens with zero attached hydrogens (tertiary/aromatic N) is 1. The van der Waals surface area contributed by atoms with E-state index in [9.17, 15) is 14.4 Å². The van der Waals surface area contributed by atoms with E-state index in [-0.39, 0.29) is 24.1 Å². The quantitative estimate of drug-likeness (QED) is 0.620. The van der Waals surface area contributed by atoms with Crippen LogP contribution in [0.3, 0.4) is 0 Å². The molecule has 0 radical (unpaired) electrons. The molecule has 1 saturated heterocycles. The third kappa shape index (κ3) is 5.25. The largest absolute Gasteiger partial charge is 0.326 e. The Balaban J connectivity index is 1.75. The number of carbonyl (C=O) groups excluding carboxylic acids is 3. The van der Waals surface area contributed by atoms with Crippen molar-refractivity contribution in [1.29, 1.82) is 0 Å². The first-order valence-electron chi connectivity index (χ1n) is 10.6. The van der Waals surface area contributed by atoms with Gasteiger partial charge in [-0.2, -0.15) is 0 Å². The van der Waals surface area contributed by atoms with E-state index in [0.717, 1.165) is 17.7 Å². The molecule has 0 spiro atoms. The van der Waals surface area contributed by atoms with Gasteiger partial charge in [0.2, 0.25) is 17.7 Å². The Kier molecular flexibility index (Phi) is 7.33. The third-order valence-corrected chi connectivity index (χ3v) is 6.03. The van der Waals surface area contributed by atoms with Crippen LogP contribution in [0.25, 0.3) is 0 Å². The molecule has 7 heteroatoms. The molecule has 3 rings (SSSR count). The van der Waals surface area contributed by atoms with E-state index in [1.165, 1.54) is 0 Å². The molecular weight excluding hydrogens is 414 g/mol. The second kappa shape index (κ2) is 9.96. The number of nitrogens with one attached hydrogen (secondary N) is 2. The predicted molar refractivity (Wildman–Crippen MR) is 125 cm³/mol. The molecule has 2 atom stereocenters. The van der Waals surface area contributed by atoms with E-state index in [2.05, 4.69) is 24.5 Å². The summed E-state index contributed by atoms with van der Waals surface area (Å²) in [5, 5.41) is 5.94. The fraction of sp³-hybridized carbons (Fsp3) is 0.375. The summed E-state index contributed by atoms with van der Waals surface area (Å²) >= 11 is 6.24. The van der Waals surface area contributed by atoms with Gasteiger partial charge in [-0.05, 0) is 42.2 Å². The van der Waals surface area contributed by atoms with Crippen LogP contribution < -0.4 is 15.5 Å². The van der Waals surface area contributed by atoms with E-state index >= 15 is 0 Å². The lowest BCUT2D eigenvalue weighted by Crippen LogP contribution is -2.29. The van der Waals surface area contributed by atoms with Gasteiger partial charge in [0.25, 0.3) is 0 Å². The molecule has 6 nitrogen and oxygen atoms in total. The minimum atomic E-state index is -0.484. The average Bonchev–Trinajstić information content (AvgIpc) is 3.17. The van der Waals surface area contributed by atoms with Crippen LogP contribution in [0.2, 0.25) is 5.02 Å². The molecule has 1 fully saturated rings. The minimum absolute atomic E-state index is 0.0639. The van der Waals surface area contributed by atoms with Gasteiger partial charge in [0.05, 0.1) is 16.6 Å². The number of hydrogen-bond donors (Lipinski definition) is 2. The zero-order valence-electron chi connectivity index (χ0n) is 18.1. The molecule has 2 aromatic carbocycles. The van der Waals surface area contributed by atoms with Crippen LogP contribution in [-0.2, 0) is 14.4 Å². The van der Waals surface area contributed by atoms with Gasteiger partial charge in [-0.1, -0.05) is 50.6 Å². The summed E-state index contributed by atoms with van der Waals surface area (Å²) in [6, 6.07) is 12.8. The Labute approximate surface area is 188 Å². The number of hydrogen-bond acceptors (Lipinski definition) is 3. The molecule has 1 aliphatic rings. The van der Waals surface area contributed by atoms with Crippen LogP contribution in [0.5, 0.6) is 0 Å². The number of rotatable bonds is 7. The first-order valence-corrected chi connectivity index (χ1v) is 11.0. The lowest BCUT2D eigenvalue weighted by Gasteiger charge is -2.23. The summed E-state index contributed by atoms with van der Waals surface area (Å²) in [5.74, 6) is -0.625. The van der Waals surface area contributed by atoms with Crippen molar-refractivity contribution in [1.82, 2.24) is 0 Å². The molecule has 0 aromatic heterocycles. The lowest BCUT2D eigenvalue weighted by molar-refractivity contribution is -0.122. The zero-order chi connectivity index (χ0) is 22.5. The molecule has 2 unspecified atom stereocenters. The number of carbonyl (C=O) groups is 3. The van der Waals surface area contributed by atoms with E-state index in [1.807, 2.05) is 24.3 Å². The topological polar surface area (TPSA) is 78.5 Å². The normalized spacial score (nSPS) is 16.8. The maximum Gasteiger partial charge on any atom is 0.229 e. The van der Waals surface area contributed by atoms with E-state index < -0.39 is 5.92 Å². The second-order valence-electron chi connectivity index (χ2n) is 7.86. The number of anilines is 3. The minimum Gasteiger partial charge on any atom is -0.326 e. The van der Waals surface area contributed by atoms with Gasteiger partial charge in [0.15, 0.2) is 0 Å². The van der Waals surface area contributed by atoms with Crippen molar-refractivity contribution in [3.63, 3.8) is 0 Å². The summed E-state index contributed by atoms with van der Waals surface area (Å²) in [6.45, 7) is 6.33. The number of para-hydroxylation sites is 1. The van der Waals surface area contributed by atoms with Crippen molar-refractivity contribution >= 4 is 46.4 Å². The summed E-state index contributed by atoms with van der Waals surface area (Å²) in [4.78, 5) is 39.0. The standard InChI is InChI=1S/C24H28ClN3O3/c1-4-15(3)18-8-6-7-9-21(18)28-14-16(12-23(28)30)24(31)27-20-13-17(10-11-19(20)25)26-22(29)5-2/h6-11,13,15-16H,4-5,12,14H2,1-3H3,(H,26,29)(H,27,31). The van der Waals surface area contributed by atoms with Crippen LogP contribution in [0, 0.1) is 5.92 Å². The van der Waals surface area contributed by atoms with Gasteiger partial charge in [0.1, 0.15) is 0 Å². The highest BCUT2D eigenvalue weighted by Gasteiger charge is 2.36. The van der Waals surface area contributed by atoms with Crippen LogP contribution in [-0.4, -0.2) is 24.3 Å². The van der Waals surface area contributed by atoms with Crippen molar-refractivity contribution in [3.8, 4) is 0 Å². The average molecular weight is 442 g/mol. The van der Waals surface area contributed by atoms with Crippen LogP contribution in [0.4, 0.5) is 17.1 Å². The van der Waals surface area contributed by atoms with Gasteiger partial charge < -0.3 is 15.5 Å². The third-order valence-electron chi connectivity index (χ3n) is 5.70. The fourth-order valence-corrected chi connectivity index (χ4v) is 3.83. The van der Waals surface area contributed by atoms with Crippen molar-refractivity contribution in [3.05, 3.63) is 53.1 Å². The Morgan fingerprint density at radius 1 is 1.16 bits per heavy atom. The predicted octanol–water partition coefficient (Wildman–Crippen LogP) is 5.19. The SMILES string of the molecule is CCC(=O)Nc1ccc(Cl)c(NC(=O)C2CC(=O)N(c3ccccc3C(C)CC)C2)c1. The lowest BCUT2D eigenvalue weighted by atomic mass is 9.96. The smallest absolute Gasteiger partial charge is 0.229 e. The van der Waals surface area contributed by atoms with Gasteiger partial charge in [0, 0.05) is 30.8 Å². The number of halogens is 1. The second-order valence-corrected chi connectivity index (χ2v) is 8.27. The van der Waals surface area contributed by atoms with E-state index in [4.69, 9.17) is 11.6 Å². The van der Waals surface area contributed by atoms with E-state index in [0.29, 0.717) is 35.3 Å². The Morgan fingerprint density at radius 3 is 2.61 bits per heavy atom. The molecule has 2 N–H and O–H groups in total. The summed E-state index contributed by atoms with van der Waals surface area (Å²) in [7, 11) is 0. The molecule has 1 heterocycles. The molecule has 2 aromatic rings. The van der Waals surface area contributed by atoms with Crippen molar-refractivity contribution in [2.75, 3.05) is 22.1 Å². The Morgan fingerprint density at radius 2 is 1.90 bits per heavy atom. The highest BCUT2D eigenvalue weighted by molar-refractivity contribution is 6.34. The molecule has 0 bridgehead atoms. The van der Waals surface area contributed by atoms with Gasteiger partial charge >= 0.3 is 0 Å². The van der Waals surface area contributed by atoms with Crippen molar-refractivity contribution in [2.45, 2.75) is 46.0 Å².